The van der Waals surface area contributed by atoms with E-state index in [1.807, 2.05) is 0 Å². The number of ether oxygens (including phenoxy) is 1. The molecule has 0 aliphatic heterocycles. The van der Waals surface area contributed by atoms with E-state index in [2.05, 4.69) is 25.7 Å². The molecule has 0 aromatic carbocycles. The van der Waals surface area contributed by atoms with E-state index in [0.717, 1.165) is 13.3 Å². The summed E-state index contributed by atoms with van der Waals surface area (Å²) in [6, 6.07) is 0. The maximum atomic E-state index is 12.9. The average Bonchev–Trinajstić information content (AvgIpc) is 2.30. The van der Waals surface area contributed by atoms with Crippen molar-refractivity contribution in [3.63, 3.8) is 0 Å². The third-order valence-corrected chi connectivity index (χ3v) is 2.71. The minimum absolute atomic E-state index is 0.0942. The number of hydrogen-bond acceptors (Lipinski definition) is 4. The largest absolute Gasteiger partial charge is 0.506 e. The molecule has 0 radical (unpaired) electrons. The molecule has 4 nitrogen and oxygen atoms in total. The summed E-state index contributed by atoms with van der Waals surface area (Å²) >= 11 is 3.03. The fraction of sp³-hybridized carbons (Fsp3) is 0.400. The van der Waals surface area contributed by atoms with E-state index in [0.29, 0.717) is 0 Å². The molecule has 17 heavy (non-hydrogen) atoms. The van der Waals surface area contributed by atoms with Gasteiger partial charge in [-0.25, -0.2) is 8.78 Å². The predicted octanol–water partition coefficient (Wildman–Crippen LogP) is 2.34. The molecule has 1 heterocycles. The van der Waals surface area contributed by atoms with Crippen molar-refractivity contribution in [3.8, 4) is 5.75 Å². The van der Waals surface area contributed by atoms with Crippen LogP contribution in [0.25, 0.3) is 0 Å². The highest BCUT2D eigenvalue weighted by molar-refractivity contribution is 9.08. The number of nitrogens with zero attached hydrogens (tertiary/aromatic N) is 1. The molecule has 7 heteroatoms. The summed E-state index contributed by atoms with van der Waals surface area (Å²) in [7, 11) is 1.15. The number of pyridine rings is 1. The first-order valence-corrected chi connectivity index (χ1v) is 5.74. The van der Waals surface area contributed by atoms with Gasteiger partial charge in [0.25, 0.3) is 6.43 Å². The van der Waals surface area contributed by atoms with E-state index in [1.165, 1.54) is 0 Å². The number of carbonyl (C=O) groups excluding carboxylic acids is 1. The van der Waals surface area contributed by atoms with Crippen molar-refractivity contribution in [1.82, 2.24) is 4.98 Å². The van der Waals surface area contributed by atoms with Gasteiger partial charge in [-0.05, 0) is 0 Å². The lowest BCUT2D eigenvalue weighted by atomic mass is 10.0. The van der Waals surface area contributed by atoms with Gasteiger partial charge >= 0.3 is 5.97 Å². The molecular formula is C10H10BrF2NO3. The Balaban J connectivity index is 3.28. The highest BCUT2D eigenvalue weighted by atomic mass is 79.9. The summed E-state index contributed by atoms with van der Waals surface area (Å²) in [4.78, 5) is 14.8. The number of esters is 1. The average molecular weight is 310 g/mol. The van der Waals surface area contributed by atoms with Gasteiger partial charge < -0.3 is 9.84 Å². The Labute approximate surface area is 105 Å². The molecule has 0 amide bonds. The molecule has 0 fully saturated rings. The summed E-state index contributed by atoms with van der Waals surface area (Å²) in [6.07, 6.45) is -2.19. The standard InChI is InChI=1S/C10H10BrF2NO3/c1-17-8(16)2-5-7(15)4-14-6(3-11)9(5)10(12)13/h4,10,15H,2-3H2,1H3. The van der Waals surface area contributed by atoms with Crippen molar-refractivity contribution >= 4 is 21.9 Å². The predicted molar refractivity (Wildman–Crippen MR) is 59.2 cm³/mol. The number of halogens is 3. The Morgan fingerprint density at radius 3 is 2.76 bits per heavy atom. The van der Waals surface area contributed by atoms with Crippen molar-refractivity contribution in [2.45, 2.75) is 18.2 Å². The minimum Gasteiger partial charge on any atom is -0.506 e. The molecule has 0 bridgehead atoms. The highest BCUT2D eigenvalue weighted by Gasteiger charge is 2.23. The molecule has 1 rings (SSSR count). The molecule has 0 saturated carbocycles. The molecule has 0 unspecified atom stereocenters. The maximum absolute atomic E-state index is 12.9. The van der Waals surface area contributed by atoms with E-state index in [1.54, 1.807) is 0 Å². The zero-order valence-corrected chi connectivity index (χ0v) is 10.5. The van der Waals surface area contributed by atoms with Crippen LogP contribution in [0.3, 0.4) is 0 Å². The van der Waals surface area contributed by atoms with Crippen molar-refractivity contribution in [3.05, 3.63) is 23.0 Å². The van der Waals surface area contributed by atoms with Crippen LogP contribution < -0.4 is 0 Å². The van der Waals surface area contributed by atoms with E-state index in [9.17, 15) is 18.7 Å². The second kappa shape index (κ2) is 5.90. The number of carbonyl (C=O) groups is 1. The monoisotopic (exact) mass is 309 g/mol. The summed E-state index contributed by atoms with van der Waals surface area (Å²) in [5, 5.41) is 9.60. The number of rotatable bonds is 4. The Hall–Kier alpha value is -1.24. The Bertz CT molecular complexity index is 426. The second-order valence-electron chi connectivity index (χ2n) is 3.17. The van der Waals surface area contributed by atoms with Crippen molar-refractivity contribution in [2.24, 2.45) is 0 Å². The first kappa shape index (κ1) is 13.8. The van der Waals surface area contributed by atoms with Gasteiger partial charge in [0, 0.05) is 16.5 Å². The van der Waals surface area contributed by atoms with Crippen LogP contribution in [0, 0.1) is 0 Å². The van der Waals surface area contributed by atoms with Crippen molar-refractivity contribution in [2.75, 3.05) is 7.11 Å². The van der Waals surface area contributed by atoms with Crippen LogP contribution in [-0.2, 0) is 21.3 Å². The molecule has 0 aliphatic rings. The Morgan fingerprint density at radius 1 is 1.65 bits per heavy atom. The fourth-order valence-corrected chi connectivity index (χ4v) is 1.81. The SMILES string of the molecule is COC(=O)Cc1c(O)cnc(CBr)c1C(F)F. The van der Waals surface area contributed by atoms with Crippen molar-refractivity contribution in [1.29, 1.82) is 0 Å². The molecule has 94 valence electrons. The number of methoxy groups -OCH3 is 1. The van der Waals surface area contributed by atoms with Crippen LogP contribution in [0.15, 0.2) is 6.20 Å². The van der Waals surface area contributed by atoms with Gasteiger partial charge in [-0.2, -0.15) is 0 Å². The summed E-state index contributed by atoms with van der Waals surface area (Å²) in [5.41, 5.74) is -0.472. The molecule has 1 aromatic rings. The van der Waals surface area contributed by atoms with Gasteiger partial charge in [-0.15, -0.1) is 0 Å². The Morgan fingerprint density at radius 2 is 2.29 bits per heavy atom. The van der Waals surface area contributed by atoms with Gasteiger partial charge in [0.15, 0.2) is 0 Å². The van der Waals surface area contributed by atoms with Crippen LogP contribution in [0.4, 0.5) is 8.78 Å². The van der Waals surface area contributed by atoms with E-state index in [-0.39, 0.29) is 16.6 Å². The quantitative estimate of drug-likeness (QED) is 0.685. The second-order valence-corrected chi connectivity index (χ2v) is 3.73. The van der Waals surface area contributed by atoms with Crippen LogP contribution >= 0.6 is 15.9 Å². The molecule has 1 N–H and O–H groups in total. The van der Waals surface area contributed by atoms with Crippen LogP contribution in [0.2, 0.25) is 0 Å². The van der Waals surface area contributed by atoms with Gasteiger partial charge in [0.2, 0.25) is 0 Å². The van der Waals surface area contributed by atoms with E-state index < -0.39 is 30.1 Å². The number of alkyl halides is 3. The number of hydrogen-bond donors (Lipinski definition) is 1. The van der Waals surface area contributed by atoms with E-state index in [4.69, 9.17) is 0 Å². The first-order chi connectivity index (χ1) is 8.01. The zero-order valence-electron chi connectivity index (χ0n) is 8.91. The topological polar surface area (TPSA) is 59.4 Å². The maximum Gasteiger partial charge on any atom is 0.310 e. The molecule has 0 saturated heterocycles. The summed E-state index contributed by atoms with van der Waals surface area (Å²) in [5.74, 6) is -1.13. The fourth-order valence-electron chi connectivity index (χ4n) is 1.37. The van der Waals surface area contributed by atoms with Gasteiger partial charge in [0.1, 0.15) is 5.75 Å². The lowest BCUT2D eigenvalue weighted by molar-refractivity contribution is -0.139. The molecule has 0 atom stereocenters. The van der Waals surface area contributed by atoms with Crippen LogP contribution in [0.5, 0.6) is 5.75 Å². The third kappa shape index (κ3) is 3.12. The molecule has 0 spiro atoms. The van der Waals surface area contributed by atoms with Gasteiger partial charge in [-0.3, -0.25) is 9.78 Å². The smallest absolute Gasteiger partial charge is 0.310 e. The van der Waals surface area contributed by atoms with E-state index >= 15 is 0 Å². The van der Waals surface area contributed by atoms with Crippen molar-refractivity contribution < 1.29 is 23.4 Å². The number of aromatic hydroxyl groups is 1. The normalized spacial score (nSPS) is 10.6. The highest BCUT2D eigenvalue weighted by Crippen LogP contribution is 2.32. The summed E-state index contributed by atoms with van der Waals surface area (Å²) < 4.78 is 30.2. The van der Waals surface area contributed by atoms with Crippen LogP contribution in [0.1, 0.15) is 23.2 Å². The summed E-state index contributed by atoms with van der Waals surface area (Å²) in [6.45, 7) is 0. The number of aromatic nitrogens is 1. The van der Waals surface area contributed by atoms with Gasteiger partial charge in [0.05, 0.1) is 25.4 Å². The molecule has 1 aromatic heterocycles. The Kier molecular flexibility index (Phi) is 4.80. The first-order valence-electron chi connectivity index (χ1n) is 4.61. The minimum atomic E-state index is -2.82. The van der Waals surface area contributed by atoms with Crippen LogP contribution in [-0.4, -0.2) is 23.2 Å². The lowest BCUT2D eigenvalue weighted by Crippen LogP contribution is -2.10. The third-order valence-electron chi connectivity index (χ3n) is 2.18. The lowest BCUT2D eigenvalue weighted by Gasteiger charge is -2.12. The molecular weight excluding hydrogens is 300 g/mol. The zero-order chi connectivity index (χ0) is 13.0. The molecule has 0 aliphatic carbocycles. The van der Waals surface area contributed by atoms with Gasteiger partial charge in [-0.1, -0.05) is 15.9 Å².